The highest BCUT2D eigenvalue weighted by Crippen LogP contribution is 2.53. The van der Waals surface area contributed by atoms with Crippen LogP contribution in [0.1, 0.15) is 106 Å². The van der Waals surface area contributed by atoms with Crippen LogP contribution in [0, 0.1) is 17.2 Å². The molecule has 0 aromatic heterocycles. The Bertz CT molecular complexity index is 1370. The molecular formula is C40H70N2O4SSi2. The van der Waals surface area contributed by atoms with Crippen LogP contribution in [0.25, 0.3) is 0 Å². The van der Waals surface area contributed by atoms with E-state index in [0.29, 0.717) is 24.2 Å². The fourth-order valence-corrected chi connectivity index (χ4v) is 11.7. The lowest BCUT2D eigenvalue weighted by atomic mass is 9.86. The van der Waals surface area contributed by atoms with Crippen LogP contribution in [-0.4, -0.2) is 67.0 Å². The van der Waals surface area contributed by atoms with E-state index in [1.807, 2.05) is 32.3 Å². The number of sulfone groups is 1. The lowest BCUT2D eigenvalue weighted by molar-refractivity contribution is 0.149. The topological polar surface area (TPSA) is 79.6 Å². The summed E-state index contributed by atoms with van der Waals surface area (Å²) in [5.41, 5.74) is 0. The molecule has 1 aliphatic carbocycles. The average molecular weight is 731 g/mol. The standard InChI is InChI=1S/C40H70N2O4SSi2/c1-14-15-20-25-33(45-48(10,11)38(2,3)4)28-29-35-36(46-49(12,13)39(5,6)7)32-37(42(8)9)40(35,30-23-17-16-18-24-31-41)47(43,44)34-26-21-19-22-27-34/h17,19,21-23,26-29,33,35-37H,14-16,18,20,24-25,30,32H2,1-13H3/b23-17-,29-28+/t33-,35-,36-,37+,40-/m1/s1. The fourth-order valence-electron chi connectivity index (χ4n) is 6.55. The van der Waals surface area contributed by atoms with Gasteiger partial charge in [0.25, 0.3) is 0 Å². The van der Waals surface area contributed by atoms with Gasteiger partial charge in [0.05, 0.1) is 23.2 Å². The van der Waals surface area contributed by atoms with Gasteiger partial charge in [0.15, 0.2) is 26.5 Å². The van der Waals surface area contributed by atoms with Gasteiger partial charge in [-0.3, -0.25) is 0 Å². The number of hydrogen-bond donors (Lipinski definition) is 0. The molecule has 0 aliphatic heterocycles. The van der Waals surface area contributed by atoms with Crippen LogP contribution in [0.15, 0.2) is 59.5 Å². The molecule has 1 aromatic carbocycles. The molecule has 0 heterocycles. The minimum atomic E-state index is -3.89. The fraction of sp³-hybridized carbons (Fsp3) is 0.725. The molecule has 5 atom stereocenters. The van der Waals surface area contributed by atoms with Crippen LogP contribution in [0.2, 0.25) is 36.3 Å². The largest absolute Gasteiger partial charge is 0.413 e. The van der Waals surface area contributed by atoms with Crippen molar-refractivity contribution >= 4 is 26.5 Å². The van der Waals surface area contributed by atoms with Gasteiger partial charge in [0.2, 0.25) is 0 Å². The van der Waals surface area contributed by atoms with Crippen molar-refractivity contribution in [2.45, 2.75) is 170 Å². The van der Waals surface area contributed by atoms with E-state index in [9.17, 15) is 0 Å². The molecule has 9 heteroatoms. The zero-order valence-electron chi connectivity index (χ0n) is 33.3. The van der Waals surface area contributed by atoms with Gasteiger partial charge in [0, 0.05) is 18.4 Å². The first kappa shape index (κ1) is 43.6. The van der Waals surface area contributed by atoms with Crippen molar-refractivity contribution in [1.82, 2.24) is 4.90 Å². The second-order valence-electron chi connectivity index (χ2n) is 17.5. The zero-order valence-corrected chi connectivity index (χ0v) is 36.1. The van der Waals surface area contributed by atoms with E-state index in [1.165, 1.54) is 0 Å². The van der Waals surface area contributed by atoms with Gasteiger partial charge in [-0.2, -0.15) is 5.26 Å². The first-order valence-electron chi connectivity index (χ1n) is 18.6. The highest BCUT2D eigenvalue weighted by atomic mass is 32.2. The summed E-state index contributed by atoms with van der Waals surface area (Å²) in [5, 5.41) is 9.10. The maximum absolute atomic E-state index is 15.4. The number of unbranched alkanes of at least 4 members (excludes halogenated alkanes) is 4. The number of nitriles is 1. The van der Waals surface area contributed by atoms with Crippen LogP contribution < -0.4 is 0 Å². The molecule has 1 saturated carbocycles. The van der Waals surface area contributed by atoms with Crippen LogP contribution in [0.4, 0.5) is 0 Å². The predicted octanol–water partition coefficient (Wildman–Crippen LogP) is 10.7. The van der Waals surface area contributed by atoms with Crippen LogP contribution in [-0.2, 0) is 18.7 Å². The van der Waals surface area contributed by atoms with Gasteiger partial charge < -0.3 is 13.8 Å². The summed E-state index contributed by atoms with van der Waals surface area (Å²) in [7, 11) is -4.27. The molecule has 0 bridgehead atoms. The highest BCUT2D eigenvalue weighted by molar-refractivity contribution is 7.93. The van der Waals surface area contributed by atoms with Gasteiger partial charge in [0.1, 0.15) is 4.75 Å². The van der Waals surface area contributed by atoms with E-state index < -0.39 is 37.1 Å². The molecular weight excluding hydrogens is 661 g/mol. The number of nitrogens with zero attached hydrogens (tertiary/aromatic N) is 2. The van der Waals surface area contributed by atoms with E-state index in [1.54, 1.807) is 12.1 Å². The summed E-state index contributed by atoms with van der Waals surface area (Å²) in [6.45, 7) is 24.9. The van der Waals surface area contributed by atoms with Crippen molar-refractivity contribution in [3.05, 3.63) is 54.6 Å². The summed E-state index contributed by atoms with van der Waals surface area (Å²) >= 11 is 0. The monoisotopic (exact) mass is 730 g/mol. The third kappa shape index (κ3) is 10.7. The van der Waals surface area contributed by atoms with Crippen molar-refractivity contribution in [3.63, 3.8) is 0 Å². The molecule has 6 nitrogen and oxygen atoms in total. The molecule has 0 amide bonds. The van der Waals surface area contributed by atoms with Crippen LogP contribution in [0.3, 0.4) is 0 Å². The number of allylic oxidation sites excluding steroid dienone is 2. The second kappa shape index (κ2) is 17.8. The average Bonchev–Trinajstić information content (AvgIpc) is 3.30. The Morgan fingerprint density at radius 3 is 2.12 bits per heavy atom. The Kier molecular flexibility index (Phi) is 15.8. The number of rotatable bonds is 18. The van der Waals surface area contributed by atoms with Crippen molar-refractivity contribution in [3.8, 4) is 6.07 Å². The van der Waals surface area contributed by atoms with Crippen molar-refractivity contribution in [2.75, 3.05) is 14.1 Å². The summed E-state index contributed by atoms with van der Waals surface area (Å²) in [5.74, 6) is -0.403. The predicted molar refractivity (Wildman–Crippen MR) is 213 cm³/mol. The second-order valence-corrected chi connectivity index (χ2v) is 29.2. The summed E-state index contributed by atoms with van der Waals surface area (Å²) in [6, 6.07) is 11.0. The summed E-state index contributed by atoms with van der Waals surface area (Å²) in [4.78, 5) is 2.47. The molecule has 1 aliphatic rings. The molecule has 0 N–H and O–H groups in total. The molecule has 0 radical (unpaired) electrons. The molecule has 0 unspecified atom stereocenters. The lowest BCUT2D eigenvalue weighted by Crippen LogP contribution is -2.55. The van der Waals surface area contributed by atoms with Crippen molar-refractivity contribution < 1.29 is 17.3 Å². The van der Waals surface area contributed by atoms with Crippen molar-refractivity contribution in [1.29, 1.82) is 5.26 Å². The number of hydrogen-bond acceptors (Lipinski definition) is 6. The molecule has 0 saturated heterocycles. The van der Waals surface area contributed by atoms with Gasteiger partial charge in [-0.25, -0.2) is 8.42 Å². The van der Waals surface area contributed by atoms with Gasteiger partial charge >= 0.3 is 0 Å². The maximum atomic E-state index is 15.4. The van der Waals surface area contributed by atoms with E-state index in [4.69, 9.17) is 14.1 Å². The highest BCUT2D eigenvalue weighted by Gasteiger charge is 2.63. The quantitative estimate of drug-likeness (QED) is 0.0850. The zero-order chi connectivity index (χ0) is 37.3. The van der Waals surface area contributed by atoms with Crippen LogP contribution in [0.5, 0.6) is 0 Å². The Morgan fingerprint density at radius 2 is 1.59 bits per heavy atom. The molecule has 49 heavy (non-hydrogen) atoms. The Morgan fingerprint density at radius 1 is 0.980 bits per heavy atom. The first-order valence-corrected chi connectivity index (χ1v) is 25.9. The molecule has 0 spiro atoms. The maximum Gasteiger partial charge on any atom is 0.192 e. The van der Waals surface area contributed by atoms with E-state index in [0.717, 1.165) is 38.5 Å². The van der Waals surface area contributed by atoms with Gasteiger partial charge in [-0.05, 0) is 94.6 Å². The minimum absolute atomic E-state index is 0.0345. The van der Waals surface area contributed by atoms with E-state index >= 15 is 8.42 Å². The Balaban J connectivity index is 2.90. The molecule has 1 fully saturated rings. The summed E-state index contributed by atoms with van der Waals surface area (Å²) < 4.78 is 43.9. The first-order chi connectivity index (χ1) is 22.6. The number of benzene rings is 1. The smallest absolute Gasteiger partial charge is 0.192 e. The third-order valence-electron chi connectivity index (χ3n) is 11.6. The lowest BCUT2D eigenvalue weighted by Gasteiger charge is -2.43. The Labute approximate surface area is 303 Å². The summed E-state index contributed by atoms with van der Waals surface area (Å²) in [6.07, 6.45) is 15.4. The van der Waals surface area contributed by atoms with E-state index in [-0.39, 0.29) is 28.3 Å². The van der Waals surface area contributed by atoms with Gasteiger partial charge in [-0.1, -0.05) is 110 Å². The molecule has 278 valence electrons. The SMILES string of the molecule is CCCCC[C@H](/C=C/[C@@H]1[C@H](O[Si](C)(C)C(C)(C)C)C[C@H](N(C)C)[C@]1(C/C=C\CCCC#N)S(=O)(=O)c1ccccc1)O[Si](C)(C)C(C)(C)C. The van der Waals surface area contributed by atoms with E-state index in [2.05, 4.69) is 110 Å². The normalized spacial score (nSPS) is 23.5. The molecule has 1 aromatic rings. The molecule has 2 rings (SSSR count). The third-order valence-corrected chi connectivity index (χ3v) is 23.2. The van der Waals surface area contributed by atoms with Crippen molar-refractivity contribution in [2.24, 2.45) is 5.92 Å². The minimum Gasteiger partial charge on any atom is -0.413 e. The van der Waals surface area contributed by atoms with Crippen LogP contribution >= 0.6 is 0 Å². The van der Waals surface area contributed by atoms with Gasteiger partial charge in [-0.15, -0.1) is 0 Å². The Hall–Kier alpha value is -1.55.